The van der Waals surface area contributed by atoms with E-state index in [1.54, 1.807) is 6.07 Å². The second-order valence-electron chi connectivity index (χ2n) is 2.54. The van der Waals surface area contributed by atoms with Crippen LogP contribution in [-0.4, -0.2) is 21.0 Å². The van der Waals surface area contributed by atoms with Gasteiger partial charge >= 0.3 is 5.97 Å². The van der Waals surface area contributed by atoms with Crippen LogP contribution < -0.4 is 0 Å². The Labute approximate surface area is 77.9 Å². The van der Waals surface area contributed by atoms with Crippen molar-refractivity contribution in [3.05, 3.63) is 23.0 Å². The molecule has 2 rings (SSSR count). The van der Waals surface area contributed by atoms with E-state index in [2.05, 4.69) is 9.97 Å². The predicted molar refractivity (Wildman–Crippen MR) is 49.1 cm³/mol. The van der Waals surface area contributed by atoms with Gasteiger partial charge in [-0.05, 0) is 13.0 Å². The summed E-state index contributed by atoms with van der Waals surface area (Å²) in [7, 11) is 0. The molecule has 0 atom stereocenters. The molecule has 0 radical (unpaired) electrons. The van der Waals surface area contributed by atoms with Crippen molar-refractivity contribution in [2.45, 2.75) is 6.92 Å². The van der Waals surface area contributed by atoms with Crippen LogP contribution in [0, 0.1) is 6.92 Å². The van der Waals surface area contributed by atoms with Crippen LogP contribution in [0.5, 0.6) is 0 Å². The van der Waals surface area contributed by atoms with Crippen LogP contribution in [0.25, 0.3) is 10.2 Å². The second-order valence-corrected chi connectivity index (χ2v) is 3.78. The molecule has 0 saturated carbocycles. The highest BCUT2D eigenvalue weighted by Gasteiger charge is 2.12. The molecule has 5 heteroatoms. The first-order valence-corrected chi connectivity index (χ1v) is 4.45. The van der Waals surface area contributed by atoms with Crippen LogP contribution in [0.15, 0.2) is 12.3 Å². The molecule has 0 spiro atoms. The fourth-order valence-electron chi connectivity index (χ4n) is 1.12. The molecule has 13 heavy (non-hydrogen) atoms. The van der Waals surface area contributed by atoms with Gasteiger partial charge in [-0.2, -0.15) is 0 Å². The maximum Gasteiger partial charge on any atom is 0.356 e. The summed E-state index contributed by atoms with van der Waals surface area (Å²) in [5.74, 6) is -1.03. The quantitative estimate of drug-likeness (QED) is 0.750. The number of hydrogen-bond donors (Lipinski definition) is 1. The molecule has 2 aromatic heterocycles. The van der Waals surface area contributed by atoms with E-state index < -0.39 is 5.97 Å². The van der Waals surface area contributed by atoms with E-state index in [1.165, 1.54) is 17.5 Å². The normalized spacial score (nSPS) is 10.5. The fraction of sp³-hybridized carbons (Fsp3) is 0.125. The first kappa shape index (κ1) is 8.12. The molecule has 0 amide bonds. The van der Waals surface area contributed by atoms with E-state index in [0.29, 0.717) is 5.52 Å². The highest BCUT2D eigenvalue weighted by molar-refractivity contribution is 7.18. The standard InChI is InChI=1S/C8H6N2O2S/c1-4-10-6-5(13-4)2-3-9-7(6)8(11)12/h2-3H,1H3,(H,11,12). The number of carboxylic acid groups (broad SMARTS) is 1. The highest BCUT2D eigenvalue weighted by atomic mass is 32.1. The van der Waals surface area contributed by atoms with Gasteiger partial charge in [0.2, 0.25) is 0 Å². The number of aryl methyl sites for hydroxylation is 1. The largest absolute Gasteiger partial charge is 0.476 e. The van der Waals surface area contributed by atoms with E-state index in [9.17, 15) is 4.79 Å². The topological polar surface area (TPSA) is 63.1 Å². The molecule has 0 unspecified atom stereocenters. The number of thiazole rings is 1. The molecule has 1 N–H and O–H groups in total. The summed E-state index contributed by atoms with van der Waals surface area (Å²) in [5, 5.41) is 9.65. The number of pyridine rings is 1. The average Bonchev–Trinajstić information content (AvgIpc) is 2.43. The molecule has 0 aromatic carbocycles. The second kappa shape index (κ2) is 2.77. The van der Waals surface area contributed by atoms with E-state index in [1.807, 2.05) is 6.92 Å². The van der Waals surface area contributed by atoms with Crippen molar-refractivity contribution in [2.24, 2.45) is 0 Å². The molecular weight excluding hydrogens is 188 g/mol. The monoisotopic (exact) mass is 194 g/mol. The third kappa shape index (κ3) is 1.27. The molecule has 0 saturated heterocycles. The molecule has 0 aliphatic rings. The Bertz CT molecular complexity index is 478. The first-order chi connectivity index (χ1) is 6.18. The molecule has 4 nitrogen and oxygen atoms in total. The van der Waals surface area contributed by atoms with Crippen molar-refractivity contribution in [1.82, 2.24) is 9.97 Å². The molecule has 66 valence electrons. The zero-order chi connectivity index (χ0) is 9.42. The van der Waals surface area contributed by atoms with Crippen molar-refractivity contribution in [1.29, 1.82) is 0 Å². The van der Waals surface area contributed by atoms with Crippen LogP contribution in [-0.2, 0) is 0 Å². The summed E-state index contributed by atoms with van der Waals surface area (Å²) >= 11 is 1.47. The number of fused-ring (bicyclic) bond motifs is 1. The van der Waals surface area contributed by atoms with E-state index in [-0.39, 0.29) is 5.69 Å². The minimum atomic E-state index is -1.03. The number of aromatic carboxylic acids is 1. The Morgan fingerprint density at radius 1 is 1.62 bits per heavy atom. The molecule has 0 bridgehead atoms. The third-order valence-corrected chi connectivity index (χ3v) is 2.55. The predicted octanol–water partition coefficient (Wildman–Crippen LogP) is 1.70. The van der Waals surface area contributed by atoms with Crippen LogP contribution >= 0.6 is 11.3 Å². The summed E-state index contributed by atoms with van der Waals surface area (Å²) < 4.78 is 0.866. The van der Waals surface area contributed by atoms with Crippen LogP contribution in [0.2, 0.25) is 0 Å². The van der Waals surface area contributed by atoms with E-state index >= 15 is 0 Å². The van der Waals surface area contributed by atoms with Crippen molar-refractivity contribution < 1.29 is 9.90 Å². The van der Waals surface area contributed by atoms with Gasteiger partial charge in [-0.15, -0.1) is 11.3 Å². The van der Waals surface area contributed by atoms with Crippen molar-refractivity contribution >= 4 is 27.5 Å². The minimum Gasteiger partial charge on any atom is -0.476 e. The van der Waals surface area contributed by atoms with Gasteiger partial charge in [0.05, 0.1) is 9.71 Å². The highest BCUT2D eigenvalue weighted by Crippen LogP contribution is 2.22. The summed E-state index contributed by atoms with van der Waals surface area (Å²) in [6, 6.07) is 1.77. The molecule has 0 aliphatic carbocycles. The number of nitrogens with zero attached hydrogens (tertiary/aromatic N) is 2. The fourth-order valence-corrected chi connectivity index (χ4v) is 1.95. The zero-order valence-electron chi connectivity index (χ0n) is 6.81. The summed E-state index contributed by atoms with van der Waals surface area (Å²) in [5.41, 5.74) is 0.513. The number of aromatic nitrogens is 2. The van der Waals surface area contributed by atoms with Gasteiger partial charge in [0.25, 0.3) is 0 Å². The van der Waals surface area contributed by atoms with Crippen molar-refractivity contribution in [2.75, 3.05) is 0 Å². The van der Waals surface area contributed by atoms with Gasteiger partial charge in [0.15, 0.2) is 5.69 Å². The first-order valence-electron chi connectivity index (χ1n) is 3.64. The lowest BCUT2D eigenvalue weighted by atomic mass is 10.3. The van der Waals surface area contributed by atoms with Crippen molar-refractivity contribution in [3.8, 4) is 0 Å². The van der Waals surface area contributed by atoms with Gasteiger partial charge in [-0.25, -0.2) is 14.8 Å². The molecule has 2 heterocycles. The van der Waals surface area contributed by atoms with Gasteiger partial charge in [0.1, 0.15) is 5.52 Å². The zero-order valence-corrected chi connectivity index (χ0v) is 7.63. The Kier molecular flexibility index (Phi) is 1.73. The maximum atomic E-state index is 10.7. The Morgan fingerprint density at radius 3 is 3.08 bits per heavy atom. The molecule has 0 fully saturated rings. The van der Waals surface area contributed by atoms with Crippen molar-refractivity contribution in [3.63, 3.8) is 0 Å². The summed E-state index contributed by atoms with van der Waals surface area (Å²) in [4.78, 5) is 18.6. The summed E-state index contributed by atoms with van der Waals surface area (Å²) in [6.45, 7) is 1.84. The van der Waals surface area contributed by atoms with Gasteiger partial charge in [-0.1, -0.05) is 0 Å². The average molecular weight is 194 g/mol. The van der Waals surface area contributed by atoms with E-state index in [0.717, 1.165) is 9.71 Å². The van der Waals surface area contributed by atoms with Crippen LogP contribution in [0.4, 0.5) is 0 Å². The maximum absolute atomic E-state index is 10.7. The number of carboxylic acids is 1. The van der Waals surface area contributed by atoms with Gasteiger partial charge in [-0.3, -0.25) is 0 Å². The lowest BCUT2D eigenvalue weighted by molar-refractivity contribution is 0.0692. The minimum absolute atomic E-state index is 0.0295. The SMILES string of the molecule is Cc1nc2c(C(=O)O)nccc2s1. The van der Waals surface area contributed by atoms with Crippen LogP contribution in [0.3, 0.4) is 0 Å². The molecular formula is C8H6N2O2S. The lowest BCUT2D eigenvalue weighted by Gasteiger charge is -1.92. The Balaban J connectivity index is 2.82. The Hall–Kier alpha value is -1.49. The smallest absolute Gasteiger partial charge is 0.356 e. The Morgan fingerprint density at radius 2 is 2.38 bits per heavy atom. The number of rotatable bonds is 1. The van der Waals surface area contributed by atoms with Crippen LogP contribution in [0.1, 0.15) is 15.5 Å². The number of carbonyl (C=O) groups is 1. The van der Waals surface area contributed by atoms with Gasteiger partial charge in [0, 0.05) is 6.20 Å². The molecule has 2 aromatic rings. The van der Waals surface area contributed by atoms with E-state index in [4.69, 9.17) is 5.11 Å². The van der Waals surface area contributed by atoms with Gasteiger partial charge < -0.3 is 5.11 Å². The third-order valence-electron chi connectivity index (χ3n) is 1.62. The number of hydrogen-bond acceptors (Lipinski definition) is 4. The summed E-state index contributed by atoms with van der Waals surface area (Å²) in [6.07, 6.45) is 1.49. The molecule has 0 aliphatic heterocycles. The lowest BCUT2D eigenvalue weighted by Crippen LogP contribution is -2.00.